The van der Waals surface area contributed by atoms with Gasteiger partial charge >= 0.3 is 11.9 Å². The van der Waals surface area contributed by atoms with Crippen LogP contribution in [0.4, 0.5) is 0 Å². The first-order valence-electron chi connectivity index (χ1n) is 19.8. The number of amides is 1. The Balaban J connectivity index is 1.01. The highest BCUT2D eigenvalue weighted by atomic mass is 35.5. The first-order chi connectivity index (χ1) is 27.3. The van der Waals surface area contributed by atoms with Crippen LogP contribution in [-0.4, -0.2) is 53.6 Å². The zero-order chi connectivity index (χ0) is 41.2. The number of halogens is 1. The zero-order valence-electron chi connectivity index (χ0n) is 33.4. The lowest BCUT2D eigenvalue weighted by molar-refractivity contribution is -0.136. The highest BCUT2D eigenvalue weighted by Gasteiger charge is 2.22. The van der Waals surface area contributed by atoms with Crippen LogP contribution in [0.25, 0.3) is 5.57 Å². The molecule has 0 saturated carbocycles. The van der Waals surface area contributed by atoms with Crippen LogP contribution in [0, 0.1) is 6.92 Å². The second-order valence-electron chi connectivity index (χ2n) is 14.7. The van der Waals surface area contributed by atoms with Gasteiger partial charge in [0.25, 0.3) is 5.91 Å². The van der Waals surface area contributed by atoms with E-state index in [0.29, 0.717) is 41.7 Å². The lowest BCUT2D eigenvalue weighted by Gasteiger charge is -2.27. The van der Waals surface area contributed by atoms with Crippen LogP contribution in [-0.2, 0) is 21.6 Å². The molecule has 0 saturated heterocycles. The third-order valence-electron chi connectivity index (χ3n) is 9.84. The van der Waals surface area contributed by atoms with Gasteiger partial charge in [0.05, 0.1) is 29.2 Å². The van der Waals surface area contributed by atoms with E-state index in [-0.39, 0.29) is 17.9 Å². The molecule has 0 aliphatic heterocycles. The molecule has 57 heavy (non-hydrogen) atoms. The zero-order valence-corrected chi connectivity index (χ0v) is 35.0. The fourth-order valence-electron chi connectivity index (χ4n) is 6.37. The first-order valence-corrected chi connectivity index (χ1v) is 21.1. The van der Waals surface area contributed by atoms with Crippen LogP contribution in [0.3, 0.4) is 0 Å². The number of benzene rings is 4. The monoisotopic (exact) mass is 813 g/mol. The number of hydrogen-bond acceptors (Lipinski definition) is 6. The number of carbonyl (C=O) groups is 3. The Kier molecular flexibility index (Phi) is 18.2. The average molecular weight is 814 g/mol. The lowest BCUT2D eigenvalue weighted by Crippen LogP contribution is -2.24. The minimum Gasteiger partial charge on any atom is -0.494 e. The highest BCUT2D eigenvalue weighted by Crippen LogP contribution is 2.32. The molecule has 10 heteroatoms. The maximum atomic E-state index is 12.6. The van der Waals surface area contributed by atoms with Gasteiger partial charge in [0.1, 0.15) is 5.75 Å². The van der Waals surface area contributed by atoms with Crippen molar-refractivity contribution in [2.75, 3.05) is 25.5 Å². The summed E-state index contributed by atoms with van der Waals surface area (Å²) in [5.41, 5.74) is 6.06. The van der Waals surface area contributed by atoms with E-state index in [1.165, 1.54) is 19.3 Å². The quantitative estimate of drug-likeness (QED) is 0.0447. The van der Waals surface area contributed by atoms with Crippen molar-refractivity contribution < 1.29 is 34.1 Å². The molecule has 0 fully saturated rings. The SMILES string of the molecule is C=C(c1ccc(C(=O)O)cc1)c1cc(C(C)(C)OCCCCCCCCCCNC(=O)c2ccc(OCCCSc3ccc(CC(=O)O)cc3Cl)cc2)ccc1C. The van der Waals surface area contributed by atoms with Gasteiger partial charge in [-0.15, -0.1) is 11.8 Å². The number of hydrogen-bond donors (Lipinski definition) is 3. The average Bonchev–Trinajstić information content (AvgIpc) is 3.18. The molecule has 0 aliphatic rings. The molecule has 1 amide bonds. The van der Waals surface area contributed by atoms with Crippen molar-refractivity contribution in [2.24, 2.45) is 0 Å². The number of carbonyl (C=O) groups excluding carboxylic acids is 1. The van der Waals surface area contributed by atoms with Crippen molar-refractivity contribution in [3.63, 3.8) is 0 Å². The van der Waals surface area contributed by atoms with Crippen LogP contribution >= 0.6 is 23.4 Å². The molecule has 3 N–H and O–H groups in total. The second-order valence-corrected chi connectivity index (χ2v) is 16.3. The maximum Gasteiger partial charge on any atom is 0.335 e. The predicted octanol–water partition coefficient (Wildman–Crippen LogP) is 11.4. The summed E-state index contributed by atoms with van der Waals surface area (Å²) in [7, 11) is 0. The number of aryl methyl sites for hydroxylation is 1. The molecule has 0 aliphatic carbocycles. The summed E-state index contributed by atoms with van der Waals surface area (Å²) in [6.07, 6.45) is 9.64. The normalized spacial score (nSPS) is 11.3. The fourth-order valence-corrected chi connectivity index (χ4v) is 7.58. The Morgan fingerprint density at radius 1 is 0.754 bits per heavy atom. The number of thioether (sulfide) groups is 1. The van der Waals surface area contributed by atoms with Gasteiger partial charge in [0.2, 0.25) is 0 Å². The van der Waals surface area contributed by atoms with E-state index in [1.807, 2.05) is 18.2 Å². The second kappa shape index (κ2) is 23.0. The van der Waals surface area contributed by atoms with Crippen LogP contribution < -0.4 is 10.1 Å². The summed E-state index contributed by atoms with van der Waals surface area (Å²) in [5.74, 6) is -0.378. The van der Waals surface area contributed by atoms with E-state index >= 15 is 0 Å². The minimum atomic E-state index is -0.944. The Bertz CT molecular complexity index is 1940. The van der Waals surface area contributed by atoms with E-state index in [2.05, 4.69) is 50.9 Å². The Hall–Kier alpha value is -4.57. The molecule has 0 heterocycles. The van der Waals surface area contributed by atoms with Crippen molar-refractivity contribution >= 4 is 46.8 Å². The standard InChI is InChI=1S/C47H56ClNO7S/c1-33-14-22-39(32-41(33)34(2)36-16-18-38(19-17-36)46(53)54)47(3,4)56-28-12-10-8-6-5-7-9-11-26-49-45(52)37-20-23-40(24-21-37)55-27-13-29-57-43-25-15-35(30-42(43)48)31-44(50)51/h14-25,30,32H,2,5-13,26-29,31H2,1,3-4H3,(H,49,52)(H,50,51)(H,53,54). The van der Waals surface area contributed by atoms with Gasteiger partial charge in [-0.3, -0.25) is 9.59 Å². The number of aromatic carboxylic acids is 1. The number of ether oxygens (including phenoxy) is 2. The molecule has 8 nitrogen and oxygen atoms in total. The lowest BCUT2D eigenvalue weighted by atomic mass is 9.89. The maximum absolute atomic E-state index is 12.6. The van der Waals surface area contributed by atoms with E-state index < -0.39 is 17.5 Å². The largest absolute Gasteiger partial charge is 0.494 e. The Morgan fingerprint density at radius 2 is 1.39 bits per heavy atom. The summed E-state index contributed by atoms with van der Waals surface area (Å²) >= 11 is 7.91. The van der Waals surface area contributed by atoms with Gasteiger partial charge in [-0.1, -0.05) is 87.0 Å². The van der Waals surface area contributed by atoms with Crippen molar-refractivity contribution in [3.05, 3.63) is 135 Å². The Morgan fingerprint density at radius 3 is 2.04 bits per heavy atom. The molecular weight excluding hydrogens is 758 g/mol. The van der Waals surface area contributed by atoms with Gasteiger partial charge in [0.15, 0.2) is 0 Å². The van der Waals surface area contributed by atoms with Gasteiger partial charge in [-0.25, -0.2) is 4.79 Å². The molecule has 0 radical (unpaired) electrons. The van der Waals surface area contributed by atoms with Crippen molar-refractivity contribution in [1.82, 2.24) is 5.32 Å². The Labute approximate surface area is 347 Å². The van der Waals surface area contributed by atoms with Gasteiger partial charge in [-0.2, -0.15) is 0 Å². The summed E-state index contributed by atoms with van der Waals surface area (Å²) in [6.45, 7) is 12.4. The molecule has 0 bridgehead atoms. The molecule has 4 rings (SSSR count). The van der Waals surface area contributed by atoms with Crippen molar-refractivity contribution in [2.45, 2.75) is 95.5 Å². The van der Waals surface area contributed by atoms with Crippen LogP contribution in [0.15, 0.2) is 96.4 Å². The molecule has 0 spiro atoms. The molecule has 304 valence electrons. The van der Waals surface area contributed by atoms with Crippen LogP contribution in [0.1, 0.15) is 120 Å². The molecule has 0 unspecified atom stereocenters. The summed E-state index contributed by atoms with van der Waals surface area (Å²) in [6, 6.07) is 25.7. The number of carboxylic acid groups (broad SMARTS) is 2. The fraction of sp³-hybridized carbons (Fsp3) is 0.383. The summed E-state index contributed by atoms with van der Waals surface area (Å²) < 4.78 is 12.2. The number of rotatable bonds is 25. The molecule has 0 aromatic heterocycles. The topological polar surface area (TPSA) is 122 Å². The van der Waals surface area contributed by atoms with Crippen LogP contribution in [0.2, 0.25) is 5.02 Å². The number of carboxylic acids is 2. The van der Waals surface area contributed by atoms with E-state index in [9.17, 15) is 19.5 Å². The van der Waals surface area contributed by atoms with Crippen LogP contribution in [0.5, 0.6) is 5.75 Å². The molecular formula is C47H56ClNO7S. The molecule has 4 aromatic rings. The third kappa shape index (κ3) is 15.0. The smallest absolute Gasteiger partial charge is 0.335 e. The summed E-state index contributed by atoms with van der Waals surface area (Å²) in [5, 5.41) is 21.7. The van der Waals surface area contributed by atoms with E-state index in [0.717, 1.165) is 77.0 Å². The minimum absolute atomic E-state index is 0.0456. The summed E-state index contributed by atoms with van der Waals surface area (Å²) in [4.78, 5) is 35.7. The van der Waals surface area contributed by atoms with Gasteiger partial charge in [-0.05, 0) is 128 Å². The van der Waals surface area contributed by atoms with E-state index in [4.69, 9.17) is 26.2 Å². The van der Waals surface area contributed by atoms with Gasteiger partial charge < -0.3 is 25.0 Å². The van der Waals surface area contributed by atoms with Crippen molar-refractivity contribution in [3.8, 4) is 5.75 Å². The third-order valence-corrected chi connectivity index (χ3v) is 11.4. The highest BCUT2D eigenvalue weighted by molar-refractivity contribution is 7.99. The molecule has 4 aromatic carbocycles. The predicted molar refractivity (Wildman–Crippen MR) is 231 cm³/mol. The van der Waals surface area contributed by atoms with E-state index in [1.54, 1.807) is 60.3 Å². The number of nitrogens with one attached hydrogen (secondary N) is 1. The number of unbranched alkanes of at least 4 members (excludes halogenated alkanes) is 7. The van der Waals surface area contributed by atoms with Gasteiger partial charge in [0, 0.05) is 29.4 Å². The van der Waals surface area contributed by atoms with Crippen molar-refractivity contribution in [1.29, 1.82) is 0 Å². The molecule has 0 atom stereocenters. The first kappa shape index (κ1) is 45.1. The number of aliphatic carboxylic acids is 1.